The van der Waals surface area contributed by atoms with E-state index < -0.39 is 47.0 Å². The molecule has 0 aromatic rings. The molecule has 0 spiro atoms. The summed E-state index contributed by atoms with van der Waals surface area (Å²) >= 11 is 0. The first-order valence-electron chi connectivity index (χ1n) is 11.6. The van der Waals surface area contributed by atoms with Crippen molar-refractivity contribution in [1.82, 2.24) is 21.3 Å². The molecule has 0 aliphatic carbocycles. The van der Waals surface area contributed by atoms with Gasteiger partial charge >= 0.3 is 18.3 Å². The van der Waals surface area contributed by atoms with Crippen molar-refractivity contribution < 1.29 is 33.4 Å². The van der Waals surface area contributed by atoms with E-state index in [9.17, 15) is 19.2 Å². The molecule has 0 saturated heterocycles. The van der Waals surface area contributed by atoms with Gasteiger partial charge in [-0.1, -0.05) is 6.92 Å². The van der Waals surface area contributed by atoms with Gasteiger partial charge in [0.15, 0.2) is 0 Å². The van der Waals surface area contributed by atoms with Crippen LogP contribution in [0, 0.1) is 0 Å². The number of amides is 4. The topological polar surface area (TPSA) is 156 Å². The van der Waals surface area contributed by atoms with Crippen molar-refractivity contribution in [2.24, 2.45) is 4.99 Å². The minimum Gasteiger partial charge on any atom is -0.444 e. The summed E-state index contributed by atoms with van der Waals surface area (Å²) < 4.78 is 15.6. The number of hydrogen-bond donors (Lipinski definition) is 4. The summed E-state index contributed by atoms with van der Waals surface area (Å²) in [6.45, 7) is 17.6. The minimum absolute atomic E-state index is 0.0530. The highest BCUT2D eigenvalue weighted by Gasteiger charge is 2.25. The number of nitrogens with one attached hydrogen (secondary N) is 4. The molecule has 0 rings (SSSR count). The fraction of sp³-hybridized carbons (Fsp3) is 0.783. The summed E-state index contributed by atoms with van der Waals surface area (Å²) in [5.74, 6) is -0.622. The highest BCUT2D eigenvalue weighted by Crippen LogP contribution is 2.09. The van der Waals surface area contributed by atoms with Gasteiger partial charge in [-0.3, -0.25) is 10.1 Å². The van der Waals surface area contributed by atoms with Crippen LogP contribution < -0.4 is 21.3 Å². The van der Waals surface area contributed by atoms with E-state index >= 15 is 0 Å². The Hall–Kier alpha value is -3.05. The van der Waals surface area contributed by atoms with E-state index in [1.807, 2.05) is 6.92 Å². The monoisotopic (exact) mass is 501 g/mol. The Bertz CT molecular complexity index is 762. The molecule has 0 heterocycles. The van der Waals surface area contributed by atoms with Crippen molar-refractivity contribution >= 4 is 30.1 Å². The fourth-order valence-electron chi connectivity index (χ4n) is 2.31. The van der Waals surface area contributed by atoms with Crippen LogP contribution in [0.15, 0.2) is 4.99 Å². The van der Waals surface area contributed by atoms with E-state index in [0.717, 1.165) is 6.42 Å². The van der Waals surface area contributed by atoms with Crippen LogP contribution >= 0.6 is 0 Å². The van der Waals surface area contributed by atoms with Gasteiger partial charge in [0.25, 0.3) is 0 Å². The third-order valence-corrected chi connectivity index (χ3v) is 3.50. The molecule has 0 radical (unpaired) electrons. The first-order chi connectivity index (χ1) is 15.8. The number of carbonyl (C=O) groups excluding carboxylic acids is 4. The van der Waals surface area contributed by atoms with Crippen LogP contribution in [-0.4, -0.2) is 66.1 Å². The zero-order valence-electron chi connectivity index (χ0n) is 22.7. The molecule has 202 valence electrons. The number of guanidine groups is 1. The van der Waals surface area contributed by atoms with Gasteiger partial charge < -0.3 is 30.2 Å². The van der Waals surface area contributed by atoms with Crippen LogP contribution in [0.2, 0.25) is 0 Å². The lowest BCUT2D eigenvalue weighted by molar-refractivity contribution is -0.123. The lowest BCUT2D eigenvalue weighted by Gasteiger charge is -2.24. The molecule has 1 unspecified atom stereocenters. The second-order valence-electron chi connectivity index (χ2n) is 10.8. The van der Waals surface area contributed by atoms with Crippen LogP contribution in [0.5, 0.6) is 0 Å². The van der Waals surface area contributed by atoms with Gasteiger partial charge in [0.1, 0.15) is 22.8 Å². The molecule has 0 aromatic carbocycles. The molecule has 12 heteroatoms. The van der Waals surface area contributed by atoms with E-state index in [-0.39, 0.29) is 18.9 Å². The Morgan fingerprint density at radius 2 is 1.26 bits per heavy atom. The summed E-state index contributed by atoms with van der Waals surface area (Å²) in [5.41, 5.74) is -2.31. The number of nitrogens with zero attached hydrogens (tertiary/aromatic N) is 1. The molecular weight excluding hydrogens is 458 g/mol. The van der Waals surface area contributed by atoms with Gasteiger partial charge in [-0.15, -0.1) is 4.99 Å². The average molecular weight is 502 g/mol. The van der Waals surface area contributed by atoms with Gasteiger partial charge in [0.05, 0.1) is 0 Å². The zero-order chi connectivity index (χ0) is 27.4. The molecule has 35 heavy (non-hydrogen) atoms. The summed E-state index contributed by atoms with van der Waals surface area (Å²) in [4.78, 5) is 52.9. The van der Waals surface area contributed by atoms with Crippen molar-refractivity contribution in [3.8, 4) is 0 Å². The Labute approximate surface area is 208 Å². The molecule has 0 aliphatic rings. The predicted octanol–water partition coefficient (Wildman–Crippen LogP) is 3.20. The van der Waals surface area contributed by atoms with Crippen LogP contribution in [0.4, 0.5) is 14.4 Å². The lowest BCUT2D eigenvalue weighted by Crippen LogP contribution is -2.50. The van der Waals surface area contributed by atoms with E-state index in [1.54, 1.807) is 62.3 Å². The van der Waals surface area contributed by atoms with Crippen molar-refractivity contribution in [3.05, 3.63) is 0 Å². The maximum Gasteiger partial charge on any atom is 0.437 e. The molecule has 0 saturated carbocycles. The van der Waals surface area contributed by atoms with E-state index in [1.165, 1.54) is 0 Å². The second-order valence-corrected chi connectivity index (χ2v) is 10.8. The molecule has 4 amide bonds. The molecule has 0 fully saturated rings. The summed E-state index contributed by atoms with van der Waals surface area (Å²) in [5, 5.41) is 10.4. The highest BCUT2D eigenvalue weighted by atomic mass is 16.6. The molecule has 4 N–H and O–H groups in total. The van der Waals surface area contributed by atoms with Crippen molar-refractivity contribution in [2.45, 2.75) is 105 Å². The molecule has 1 atom stereocenters. The number of rotatable bonds is 7. The van der Waals surface area contributed by atoms with Crippen molar-refractivity contribution in [1.29, 1.82) is 0 Å². The summed E-state index contributed by atoms with van der Waals surface area (Å²) in [6, 6.07) is -0.937. The van der Waals surface area contributed by atoms with Crippen LogP contribution in [0.3, 0.4) is 0 Å². The number of alkyl carbamates (subject to hydrolysis) is 2. The van der Waals surface area contributed by atoms with Gasteiger partial charge in [-0.2, -0.15) is 0 Å². The number of carbonyl (C=O) groups is 4. The van der Waals surface area contributed by atoms with Crippen LogP contribution in [0.25, 0.3) is 0 Å². The van der Waals surface area contributed by atoms with Crippen LogP contribution in [-0.2, 0) is 19.0 Å². The van der Waals surface area contributed by atoms with Crippen molar-refractivity contribution in [3.63, 3.8) is 0 Å². The minimum atomic E-state index is -0.937. The lowest BCUT2D eigenvalue weighted by atomic mass is 10.2. The van der Waals surface area contributed by atoms with Gasteiger partial charge in [-0.25, -0.2) is 14.4 Å². The molecular formula is C23H43N5O7. The van der Waals surface area contributed by atoms with Gasteiger partial charge in [0.2, 0.25) is 11.9 Å². The number of ether oxygens (including phenoxy) is 3. The average Bonchev–Trinajstić information content (AvgIpc) is 2.60. The molecule has 0 bridgehead atoms. The number of aliphatic imine (C=N–C) groups is 1. The largest absolute Gasteiger partial charge is 0.444 e. The second kappa shape index (κ2) is 13.7. The smallest absolute Gasteiger partial charge is 0.437 e. The van der Waals surface area contributed by atoms with Gasteiger partial charge in [0, 0.05) is 13.1 Å². The fourth-order valence-corrected chi connectivity index (χ4v) is 2.31. The standard InChI is InChI=1S/C23H43N5O7/c1-11-13-24-16(29)15(26-18(30)33-21(2,3)4)12-14-25-17(27-19(31)34-22(5,6)7)28-20(32)35-23(8,9)10/h15H,11-14H2,1-10H3,(H,24,29)(H,26,30)(H2,25,27,28,31,32). The number of hydrogen-bond acceptors (Lipinski definition) is 7. The van der Waals surface area contributed by atoms with Crippen LogP contribution in [0.1, 0.15) is 82.1 Å². The van der Waals surface area contributed by atoms with Gasteiger partial charge in [-0.05, 0) is 75.2 Å². The molecule has 0 aliphatic heterocycles. The maximum absolute atomic E-state index is 12.5. The molecule has 12 nitrogen and oxygen atoms in total. The maximum atomic E-state index is 12.5. The SMILES string of the molecule is CCCNC(=O)C(CCN/C(=N/C(=O)OC(C)(C)C)NC(=O)OC(C)(C)C)NC(=O)OC(C)(C)C. The predicted molar refractivity (Wildman–Crippen MR) is 132 cm³/mol. The van der Waals surface area contributed by atoms with E-state index in [0.29, 0.717) is 6.54 Å². The van der Waals surface area contributed by atoms with E-state index in [2.05, 4.69) is 26.3 Å². The highest BCUT2D eigenvalue weighted by molar-refractivity contribution is 5.98. The Morgan fingerprint density at radius 3 is 1.74 bits per heavy atom. The van der Waals surface area contributed by atoms with Crippen molar-refractivity contribution in [2.75, 3.05) is 13.1 Å². The quantitative estimate of drug-likeness (QED) is 0.235. The normalized spacial score (nSPS) is 13.3. The Morgan fingerprint density at radius 1 is 0.743 bits per heavy atom. The first-order valence-corrected chi connectivity index (χ1v) is 11.6. The third-order valence-electron chi connectivity index (χ3n) is 3.50. The summed E-state index contributed by atoms with van der Waals surface area (Å²) in [7, 11) is 0. The molecule has 0 aromatic heterocycles. The Kier molecular flexibility index (Phi) is 12.5. The first kappa shape index (κ1) is 31.9. The third kappa shape index (κ3) is 18.0. The Balaban J connectivity index is 5.42. The zero-order valence-corrected chi connectivity index (χ0v) is 22.7. The summed E-state index contributed by atoms with van der Waals surface area (Å²) in [6.07, 6.45) is -1.70. The van der Waals surface area contributed by atoms with E-state index in [4.69, 9.17) is 14.2 Å².